The van der Waals surface area contributed by atoms with Gasteiger partial charge in [-0.1, -0.05) is 17.7 Å². The Bertz CT molecular complexity index is 692. The first-order valence-corrected chi connectivity index (χ1v) is 7.78. The zero-order valence-electron chi connectivity index (χ0n) is 10.9. The zero-order chi connectivity index (χ0) is 14.8. The Morgan fingerprint density at radius 1 is 1.40 bits per heavy atom. The van der Waals surface area contributed by atoms with E-state index in [1.54, 1.807) is 24.0 Å². The van der Waals surface area contributed by atoms with Crippen molar-refractivity contribution >= 4 is 27.3 Å². The number of hydrogen-bond donors (Lipinski definition) is 2. The third kappa shape index (κ3) is 3.30. The van der Waals surface area contributed by atoms with Crippen LogP contribution in [0, 0.1) is 0 Å². The van der Waals surface area contributed by atoms with Crippen molar-refractivity contribution in [3.8, 4) is 0 Å². The molecular weight excluding hydrogens is 300 g/mol. The van der Waals surface area contributed by atoms with Crippen molar-refractivity contribution in [2.45, 2.75) is 11.3 Å². The fraction of sp³-hybridized carbons (Fsp3) is 0.250. The van der Waals surface area contributed by atoms with E-state index in [1.165, 1.54) is 12.1 Å². The molecule has 0 spiro atoms. The highest BCUT2D eigenvalue weighted by molar-refractivity contribution is 7.89. The number of rotatable bonds is 5. The second kappa shape index (κ2) is 5.82. The standard InChI is InChI=1S/C12H15ClN4O2S/c1-17-8-6-9(16-17)5-7-15-20(18,19)12-10(13)3-2-4-11(12)14/h2-4,6,8,15H,5,7,14H2,1H3. The van der Waals surface area contributed by atoms with Crippen LogP contribution in [0.2, 0.25) is 5.02 Å². The largest absolute Gasteiger partial charge is 0.398 e. The van der Waals surface area contributed by atoms with Crippen molar-refractivity contribution < 1.29 is 8.42 Å². The normalized spacial score (nSPS) is 11.7. The van der Waals surface area contributed by atoms with Crippen LogP contribution in [-0.4, -0.2) is 24.7 Å². The molecule has 0 fully saturated rings. The lowest BCUT2D eigenvalue weighted by Crippen LogP contribution is -2.27. The van der Waals surface area contributed by atoms with Gasteiger partial charge in [-0.3, -0.25) is 4.68 Å². The van der Waals surface area contributed by atoms with Gasteiger partial charge in [0.2, 0.25) is 10.0 Å². The van der Waals surface area contributed by atoms with Crippen molar-refractivity contribution in [3.63, 3.8) is 0 Å². The first kappa shape index (κ1) is 14.8. The molecule has 3 N–H and O–H groups in total. The maximum Gasteiger partial charge on any atom is 0.244 e. The molecule has 20 heavy (non-hydrogen) atoms. The maximum atomic E-state index is 12.2. The minimum atomic E-state index is -3.73. The Balaban J connectivity index is 2.08. The van der Waals surface area contributed by atoms with Gasteiger partial charge in [0.1, 0.15) is 4.90 Å². The van der Waals surface area contributed by atoms with Crippen LogP contribution in [0.25, 0.3) is 0 Å². The average Bonchev–Trinajstić information content (AvgIpc) is 2.74. The lowest BCUT2D eigenvalue weighted by molar-refractivity contribution is 0.581. The first-order chi connectivity index (χ1) is 9.40. The Hall–Kier alpha value is -1.57. The lowest BCUT2D eigenvalue weighted by Gasteiger charge is -2.10. The fourth-order valence-electron chi connectivity index (χ4n) is 1.79. The zero-order valence-corrected chi connectivity index (χ0v) is 12.4. The summed E-state index contributed by atoms with van der Waals surface area (Å²) in [4.78, 5) is -0.0808. The summed E-state index contributed by atoms with van der Waals surface area (Å²) in [5.74, 6) is 0. The lowest BCUT2D eigenvalue weighted by atomic mass is 10.3. The molecule has 1 aromatic carbocycles. The summed E-state index contributed by atoms with van der Waals surface area (Å²) >= 11 is 5.90. The van der Waals surface area contributed by atoms with Crippen LogP contribution in [0.1, 0.15) is 5.69 Å². The van der Waals surface area contributed by atoms with Gasteiger partial charge in [-0.05, 0) is 18.2 Å². The van der Waals surface area contributed by atoms with Gasteiger partial charge in [-0.25, -0.2) is 13.1 Å². The van der Waals surface area contributed by atoms with Crippen molar-refractivity contribution in [2.24, 2.45) is 7.05 Å². The molecule has 0 amide bonds. The molecule has 1 aromatic heterocycles. The topological polar surface area (TPSA) is 90.0 Å². The quantitative estimate of drug-likeness (QED) is 0.811. The molecule has 0 aliphatic rings. The first-order valence-electron chi connectivity index (χ1n) is 5.92. The van der Waals surface area contributed by atoms with Gasteiger partial charge in [0, 0.05) is 26.2 Å². The van der Waals surface area contributed by atoms with Crippen molar-refractivity contribution in [1.29, 1.82) is 0 Å². The Morgan fingerprint density at radius 2 is 2.15 bits per heavy atom. The van der Waals surface area contributed by atoms with Gasteiger partial charge in [0.25, 0.3) is 0 Å². The van der Waals surface area contributed by atoms with E-state index in [-0.39, 0.29) is 22.2 Å². The number of nitrogens with two attached hydrogens (primary N) is 1. The van der Waals surface area contributed by atoms with E-state index in [0.29, 0.717) is 6.42 Å². The second-order valence-electron chi connectivity index (χ2n) is 4.29. The predicted octanol–water partition coefficient (Wildman–Crippen LogP) is 1.18. The van der Waals surface area contributed by atoms with E-state index in [0.717, 1.165) is 5.69 Å². The molecule has 0 saturated carbocycles. The van der Waals surface area contributed by atoms with E-state index in [2.05, 4.69) is 9.82 Å². The molecule has 0 bridgehead atoms. The van der Waals surface area contributed by atoms with Crippen molar-refractivity contribution in [3.05, 3.63) is 41.2 Å². The van der Waals surface area contributed by atoms with Crippen LogP contribution in [-0.2, 0) is 23.5 Å². The van der Waals surface area contributed by atoms with Crippen LogP contribution in [0.3, 0.4) is 0 Å². The highest BCUT2D eigenvalue weighted by Crippen LogP contribution is 2.26. The molecule has 0 saturated heterocycles. The number of aromatic nitrogens is 2. The number of anilines is 1. The monoisotopic (exact) mass is 314 g/mol. The second-order valence-corrected chi connectivity index (χ2v) is 6.40. The summed E-state index contributed by atoms with van der Waals surface area (Å²) in [6.45, 7) is 0.226. The van der Waals surface area contributed by atoms with E-state index >= 15 is 0 Å². The van der Waals surface area contributed by atoms with Crippen LogP contribution in [0.15, 0.2) is 35.4 Å². The van der Waals surface area contributed by atoms with E-state index in [4.69, 9.17) is 17.3 Å². The third-order valence-electron chi connectivity index (χ3n) is 2.71. The Morgan fingerprint density at radius 3 is 2.75 bits per heavy atom. The SMILES string of the molecule is Cn1ccc(CCNS(=O)(=O)c2c(N)cccc2Cl)n1. The van der Waals surface area contributed by atoms with Gasteiger partial charge in [-0.15, -0.1) is 0 Å². The molecule has 0 aliphatic carbocycles. The third-order valence-corrected chi connectivity index (χ3v) is 4.71. The van der Waals surface area contributed by atoms with Crippen LogP contribution in [0.4, 0.5) is 5.69 Å². The van der Waals surface area contributed by atoms with Crippen LogP contribution >= 0.6 is 11.6 Å². The van der Waals surface area contributed by atoms with E-state index in [1.807, 2.05) is 6.07 Å². The number of sulfonamides is 1. The number of nitrogens with one attached hydrogen (secondary N) is 1. The smallest absolute Gasteiger partial charge is 0.244 e. The molecule has 0 unspecified atom stereocenters. The summed E-state index contributed by atoms with van der Waals surface area (Å²) in [5.41, 5.74) is 6.61. The number of halogens is 1. The molecule has 0 atom stereocenters. The molecular formula is C12H15ClN4O2S. The fourth-order valence-corrected chi connectivity index (χ4v) is 3.50. The molecule has 8 heteroatoms. The van der Waals surface area contributed by atoms with Gasteiger partial charge in [-0.2, -0.15) is 5.10 Å². The molecule has 108 valence electrons. The highest BCUT2D eigenvalue weighted by atomic mass is 35.5. The van der Waals surface area contributed by atoms with Crippen LogP contribution < -0.4 is 10.5 Å². The number of nitrogen functional groups attached to an aromatic ring is 1. The minimum absolute atomic E-state index is 0.0808. The van der Waals surface area contributed by atoms with Gasteiger partial charge >= 0.3 is 0 Å². The van der Waals surface area contributed by atoms with Crippen molar-refractivity contribution in [1.82, 2.24) is 14.5 Å². The van der Waals surface area contributed by atoms with Crippen LogP contribution in [0.5, 0.6) is 0 Å². The summed E-state index contributed by atoms with van der Waals surface area (Å²) in [5, 5.41) is 4.28. The van der Waals surface area contributed by atoms with Gasteiger partial charge in [0.05, 0.1) is 16.4 Å². The predicted molar refractivity (Wildman–Crippen MR) is 78.0 cm³/mol. The average molecular weight is 315 g/mol. The molecule has 6 nitrogen and oxygen atoms in total. The summed E-state index contributed by atoms with van der Waals surface area (Å²) in [7, 11) is -1.92. The summed E-state index contributed by atoms with van der Waals surface area (Å²) in [6.07, 6.45) is 2.29. The summed E-state index contributed by atoms with van der Waals surface area (Å²) in [6, 6.07) is 6.42. The minimum Gasteiger partial charge on any atom is -0.398 e. The Kier molecular flexibility index (Phi) is 4.32. The molecule has 0 radical (unpaired) electrons. The van der Waals surface area contributed by atoms with Crippen molar-refractivity contribution in [2.75, 3.05) is 12.3 Å². The maximum absolute atomic E-state index is 12.2. The summed E-state index contributed by atoms with van der Waals surface area (Å²) < 4.78 is 28.5. The van der Waals surface area contributed by atoms with E-state index < -0.39 is 10.0 Å². The Labute approximate surface area is 122 Å². The number of aryl methyl sites for hydroxylation is 1. The van der Waals surface area contributed by atoms with Gasteiger partial charge in [0.15, 0.2) is 0 Å². The molecule has 1 heterocycles. The van der Waals surface area contributed by atoms with E-state index in [9.17, 15) is 8.42 Å². The van der Waals surface area contributed by atoms with Gasteiger partial charge < -0.3 is 5.73 Å². The number of benzene rings is 1. The highest BCUT2D eigenvalue weighted by Gasteiger charge is 2.20. The molecule has 2 aromatic rings. The number of hydrogen-bond acceptors (Lipinski definition) is 4. The number of nitrogens with zero attached hydrogens (tertiary/aromatic N) is 2. The molecule has 0 aliphatic heterocycles. The molecule has 2 rings (SSSR count).